The molecule has 0 unspecified atom stereocenters. The maximum atomic E-state index is 6.20. The molecule has 4 aromatic carbocycles. The van der Waals surface area contributed by atoms with E-state index in [2.05, 4.69) is 85.8 Å². The first kappa shape index (κ1) is 18.1. The zero-order valence-electron chi connectivity index (χ0n) is 16.6. The summed E-state index contributed by atoms with van der Waals surface area (Å²) in [5, 5.41) is 2.33. The van der Waals surface area contributed by atoms with E-state index in [9.17, 15) is 0 Å². The van der Waals surface area contributed by atoms with Crippen LogP contribution >= 0.6 is 0 Å². The average molecular weight is 364 g/mol. The van der Waals surface area contributed by atoms with Gasteiger partial charge >= 0.3 is 0 Å². The molecule has 1 aromatic heterocycles. The molecule has 5 rings (SSSR count). The van der Waals surface area contributed by atoms with Crippen LogP contribution in [0, 0.1) is 6.92 Å². The Morgan fingerprint density at radius 1 is 0.571 bits per heavy atom. The lowest BCUT2D eigenvalue weighted by Crippen LogP contribution is -1.82. The van der Waals surface area contributed by atoms with E-state index in [0.717, 1.165) is 16.7 Å². The molecule has 0 N–H and O–H groups in total. The van der Waals surface area contributed by atoms with Crippen molar-refractivity contribution in [1.29, 1.82) is 0 Å². The third-order valence-corrected chi connectivity index (χ3v) is 4.96. The van der Waals surface area contributed by atoms with Crippen molar-refractivity contribution < 1.29 is 4.42 Å². The second-order valence-corrected chi connectivity index (χ2v) is 6.73. The van der Waals surface area contributed by atoms with Crippen molar-refractivity contribution in [2.45, 2.75) is 20.8 Å². The smallest absolute Gasteiger partial charge is 0.143 e. The molecule has 1 heterocycles. The molecule has 138 valence electrons. The lowest BCUT2D eigenvalue weighted by atomic mass is 9.97. The highest BCUT2D eigenvalue weighted by Gasteiger charge is 2.12. The SMILES string of the molecule is CC.Cc1ccc(-c2cccc(-c3cccc4c3oc3ccccc34)c2)cc1. The Bertz CT molecular complexity index is 1230. The molecule has 0 aliphatic rings. The summed E-state index contributed by atoms with van der Waals surface area (Å²) in [6.45, 7) is 6.11. The largest absolute Gasteiger partial charge is 0.455 e. The number of fused-ring (bicyclic) bond motifs is 3. The fourth-order valence-electron chi connectivity index (χ4n) is 3.59. The molecule has 0 atom stereocenters. The van der Waals surface area contributed by atoms with Crippen LogP contribution in [0.25, 0.3) is 44.2 Å². The lowest BCUT2D eigenvalue weighted by Gasteiger charge is -2.07. The molecule has 28 heavy (non-hydrogen) atoms. The highest BCUT2D eigenvalue weighted by atomic mass is 16.3. The molecule has 0 saturated carbocycles. The molecule has 1 heteroatoms. The molecule has 0 bridgehead atoms. The van der Waals surface area contributed by atoms with Crippen LogP contribution in [0.4, 0.5) is 0 Å². The number of para-hydroxylation sites is 2. The van der Waals surface area contributed by atoms with Crippen molar-refractivity contribution in [2.75, 3.05) is 0 Å². The van der Waals surface area contributed by atoms with Gasteiger partial charge in [-0.05, 0) is 35.7 Å². The Kier molecular flexibility index (Phi) is 4.99. The summed E-state index contributed by atoms with van der Waals surface area (Å²) < 4.78 is 6.20. The quantitative estimate of drug-likeness (QED) is 0.307. The summed E-state index contributed by atoms with van der Waals surface area (Å²) in [4.78, 5) is 0. The van der Waals surface area contributed by atoms with E-state index in [0.29, 0.717) is 0 Å². The Morgan fingerprint density at radius 2 is 1.25 bits per heavy atom. The third-order valence-electron chi connectivity index (χ3n) is 4.96. The van der Waals surface area contributed by atoms with Gasteiger partial charge in [-0.15, -0.1) is 0 Å². The number of hydrogen-bond acceptors (Lipinski definition) is 1. The number of hydrogen-bond donors (Lipinski definition) is 0. The highest BCUT2D eigenvalue weighted by Crippen LogP contribution is 2.36. The van der Waals surface area contributed by atoms with Crippen molar-refractivity contribution in [3.63, 3.8) is 0 Å². The number of furan rings is 1. The molecule has 0 radical (unpaired) electrons. The van der Waals surface area contributed by atoms with Crippen molar-refractivity contribution in [3.05, 3.63) is 96.6 Å². The summed E-state index contributed by atoms with van der Waals surface area (Å²) in [6.07, 6.45) is 0. The Hall–Kier alpha value is -3.32. The number of rotatable bonds is 2. The van der Waals surface area contributed by atoms with Crippen molar-refractivity contribution in [1.82, 2.24) is 0 Å². The van der Waals surface area contributed by atoms with Gasteiger partial charge in [0, 0.05) is 16.3 Å². The van der Waals surface area contributed by atoms with Crippen LogP contribution in [0.3, 0.4) is 0 Å². The molecule has 0 aliphatic heterocycles. The lowest BCUT2D eigenvalue weighted by molar-refractivity contribution is 0.670. The second-order valence-electron chi connectivity index (χ2n) is 6.73. The first-order valence-electron chi connectivity index (χ1n) is 9.87. The summed E-state index contributed by atoms with van der Waals surface area (Å²) in [5.41, 5.74) is 7.92. The highest BCUT2D eigenvalue weighted by molar-refractivity contribution is 6.09. The Labute approximate surface area is 166 Å². The zero-order valence-corrected chi connectivity index (χ0v) is 16.6. The van der Waals surface area contributed by atoms with Gasteiger partial charge in [0.05, 0.1) is 0 Å². The van der Waals surface area contributed by atoms with Gasteiger partial charge in [-0.1, -0.05) is 98.3 Å². The molecule has 0 spiro atoms. The van der Waals surface area contributed by atoms with Crippen molar-refractivity contribution in [3.8, 4) is 22.3 Å². The third kappa shape index (κ3) is 3.20. The van der Waals surface area contributed by atoms with Gasteiger partial charge in [0.2, 0.25) is 0 Å². The van der Waals surface area contributed by atoms with Gasteiger partial charge in [-0.25, -0.2) is 0 Å². The van der Waals surface area contributed by atoms with E-state index in [1.807, 2.05) is 26.0 Å². The Balaban J connectivity index is 0.000000932. The fourth-order valence-corrected chi connectivity index (χ4v) is 3.59. The fraction of sp³-hybridized carbons (Fsp3) is 0.111. The van der Waals surface area contributed by atoms with Gasteiger partial charge in [-0.3, -0.25) is 0 Å². The maximum Gasteiger partial charge on any atom is 0.143 e. The van der Waals surface area contributed by atoms with Gasteiger partial charge in [-0.2, -0.15) is 0 Å². The minimum Gasteiger partial charge on any atom is -0.455 e. The van der Waals surface area contributed by atoms with E-state index in [1.165, 1.54) is 33.0 Å². The van der Waals surface area contributed by atoms with E-state index in [4.69, 9.17) is 4.42 Å². The predicted octanol–water partition coefficient (Wildman–Crippen LogP) is 8.25. The molecule has 0 fully saturated rings. The predicted molar refractivity (Wildman–Crippen MR) is 121 cm³/mol. The van der Waals surface area contributed by atoms with Gasteiger partial charge < -0.3 is 4.42 Å². The van der Waals surface area contributed by atoms with Gasteiger partial charge in [0.1, 0.15) is 11.2 Å². The van der Waals surface area contributed by atoms with Crippen LogP contribution < -0.4 is 0 Å². The van der Waals surface area contributed by atoms with E-state index in [1.54, 1.807) is 0 Å². The number of benzene rings is 4. The Morgan fingerprint density at radius 3 is 2.07 bits per heavy atom. The molecule has 5 aromatic rings. The van der Waals surface area contributed by atoms with Crippen molar-refractivity contribution >= 4 is 21.9 Å². The summed E-state index contributed by atoms with van der Waals surface area (Å²) in [6, 6.07) is 31.9. The van der Waals surface area contributed by atoms with Crippen LogP contribution in [0.5, 0.6) is 0 Å². The van der Waals surface area contributed by atoms with E-state index in [-0.39, 0.29) is 0 Å². The molecular weight excluding hydrogens is 340 g/mol. The topological polar surface area (TPSA) is 13.1 Å². The van der Waals surface area contributed by atoms with Crippen LogP contribution in [0.1, 0.15) is 19.4 Å². The minimum absolute atomic E-state index is 0.935. The molecular formula is C27H24O. The summed E-state index contributed by atoms with van der Waals surface area (Å²) >= 11 is 0. The van der Waals surface area contributed by atoms with Crippen LogP contribution in [-0.4, -0.2) is 0 Å². The van der Waals surface area contributed by atoms with E-state index < -0.39 is 0 Å². The maximum absolute atomic E-state index is 6.20. The molecule has 0 aliphatic carbocycles. The van der Waals surface area contributed by atoms with E-state index >= 15 is 0 Å². The van der Waals surface area contributed by atoms with Crippen LogP contribution in [0.2, 0.25) is 0 Å². The van der Waals surface area contributed by atoms with Crippen LogP contribution in [-0.2, 0) is 0 Å². The minimum atomic E-state index is 0.935. The standard InChI is InChI=1S/C25H18O.C2H6/c1-17-12-14-18(15-13-17)19-6-4-7-20(16-19)21-9-5-10-23-22-8-2-3-11-24(22)26-25(21)23;1-2/h2-16H,1H3;1-2H3. The van der Waals surface area contributed by atoms with Crippen LogP contribution in [0.15, 0.2) is 95.4 Å². The van der Waals surface area contributed by atoms with Gasteiger partial charge in [0.15, 0.2) is 0 Å². The van der Waals surface area contributed by atoms with Gasteiger partial charge in [0.25, 0.3) is 0 Å². The molecule has 0 saturated heterocycles. The second kappa shape index (κ2) is 7.74. The monoisotopic (exact) mass is 364 g/mol. The summed E-state index contributed by atoms with van der Waals surface area (Å²) in [5.74, 6) is 0. The normalized spacial score (nSPS) is 10.7. The summed E-state index contributed by atoms with van der Waals surface area (Å²) in [7, 11) is 0. The van der Waals surface area contributed by atoms with Crippen molar-refractivity contribution in [2.24, 2.45) is 0 Å². The first-order chi connectivity index (χ1) is 13.8. The first-order valence-corrected chi connectivity index (χ1v) is 9.87. The molecule has 1 nitrogen and oxygen atoms in total. The molecule has 0 amide bonds. The zero-order chi connectivity index (χ0) is 19.5. The number of aryl methyl sites for hydroxylation is 1. The average Bonchev–Trinajstić information content (AvgIpc) is 3.15.